The average Bonchev–Trinajstić information content (AvgIpc) is 3.39. The van der Waals surface area contributed by atoms with Crippen molar-refractivity contribution in [2.45, 2.75) is 25.9 Å². The Bertz CT molecular complexity index is 1220. The number of nitrogens with one attached hydrogen (secondary N) is 1. The van der Waals surface area contributed by atoms with Crippen LogP contribution in [0.1, 0.15) is 18.2 Å². The molecule has 1 N–H and O–H groups in total. The number of thiazole rings is 1. The fraction of sp³-hybridized carbons (Fsp3) is 0.217. The Morgan fingerprint density at radius 3 is 2.66 bits per heavy atom. The fourth-order valence-electron chi connectivity index (χ4n) is 3.12. The van der Waals surface area contributed by atoms with Crippen molar-refractivity contribution in [2.75, 3.05) is 17.7 Å². The highest BCUT2D eigenvalue weighted by molar-refractivity contribution is 7.99. The number of amides is 1. The highest BCUT2D eigenvalue weighted by Gasteiger charge is 2.18. The minimum atomic E-state index is -0.136. The summed E-state index contributed by atoms with van der Waals surface area (Å²) in [6.07, 6.45) is 0. The molecule has 164 valence electrons. The molecule has 2 aromatic heterocycles. The molecule has 0 spiro atoms. The van der Waals surface area contributed by atoms with E-state index in [0.29, 0.717) is 16.9 Å². The largest absolute Gasteiger partial charge is 0.494 e. The molecule has 0 saturated heterocycles. The van der Waals surface area contributed by atoms with Crippen LogP contribution in [0.15, 0.2) is 59.1 Å². The molecular weight excluding hydrogens is 442 g/mol. The molecule has 4 rings (SSSR count). The van der Waals surface area contributed by atoms with Gasteiger partial charge in [-0.1, -0.05) is 35.5 Å². The number of nitrogens with zero attached hydrogens (tertiary/aromatic N) is 4. The van der Waals surface area contributed by atoms with Crippen LogP contribution in [0.4, 0.5) is 5.13 Å². The van der Waals surface area contributed by atoms with E-state index in [9.17, 15) is 4.79 Å². The lowest BCUT2D eigenvalue weighted by Gasteiger charge is -2.12. The Morgan fingerprint density at radius 1 is 1.16 bits per heavy atom. The lowest BCUT2D eigenvalue weighted by molar-refractivity contribution is -0.113. The number of hydrogen-bond donors (Lipinski definition) is 1. The van der Waals surface area contributed by atoms with E-state index >= 15 is 0 Å². The lowest BCUT2D eigenvalue weighted by atomic mass is 10.1. The minimum Gasteiger partial charge on any atom is -0.494 e. The van der Waals surface area contributed by atoms with E-state index in [4.69, 9.17) is 4.74 Å². The van der Waals surface area contributed by atoms with Crippen LogP contribution in [0.3, 0.4) is 0 Å². The second-order valence-corrected chi connectivity index (χ2v) is 8.87. The molecule has 4 aromatic rings. The number of aromatic nitrogens is 4. The number of anilines is 1. The minimum absolute atomic E-state index is 0.136. The Balaban J connectivity index is 1.62. The number of benzene rings is 2. The van der Waals surface area contributed by atoms with Gasteiger partial charge in [0.2, 0.25) is 5.91 Å². The third-order valence-corrected chi connectivity index (χ3v) is 6.32. The SMILES string of the molecule is CCOc1ccc(-n2c(SCC(=O)Nc3nc(C)cs3)nnc2-c2cccc(C)c2)cc1. The summed E-state index contributed by atoms with van der Waals surface area (Å²) in [6, 6.07) is 15.9. The Labute approximate surface area is 194 Å². The van der Waals surface area contributed by atoms with Crippen LogP contribution in [-0.4, -0.2) is 38.0 Å². The van der Waals surface area contributed by atoms with Crippen molar-refractivity contribution in [1.29, 1.82) is 0 Å². The van der Waals surface area contributed by atoms with Gasteiger partial charge in [-0.25, -0.2) is 4.98 Å². The van der Waals surface area contributed by atoms with Gasteiger partial charge in [0.25, 0.3) is 0 Å². The maximum absolute atomic E-state index is 12.4. The second kappa shape index (κ2) is 9.97. The van der Waals surface area contributed by atoms with Crippen molar-refractivity contribution in [3.63, 3.8) is 0 Å². The van der Waals surface area contributed by atoms with E-state index in [1.807, 2.05) is 73.2 Å². The van der Waals surface area contributed by atoms with Gasteiger partial charge in [-0.3, -0.25) is 9.36 Å². The molecule has 0 saturated carbocycles. The molecule has 0 radical (unpaired) electrons. The van der Waals surface area contributed by atoms with Crippen LogP contribution >= 0.6 is 23.1 Å². The van der Waals surface area contributed by atoms with Gasteiger partial charge >= 0.3 is 0 Å². The molecule has 2 heterocycles. The van der Waals surface area contributed by atoms with Crippen molar-refractivity contribution in [1.82, 2.24) is 19.7 Å². The van der Waals surface area contributed by atoms with Gasteiger partial charge in [0.15, 0.2) is 16.1 Å². The van der Waals surface area contributed by atoms with Crippen LogP contribution in [0.5, 0.6) is 5.75 Å². The van der Waals surface area contributed by atoms with Gasteiger partial charge in [0, 0.05) is 16.6 Å². The molecule has 2 aromatic carbocycles. The highest BCUT2D eigenvalue weighted by Crippen LogP contribution is 2.29. The van der Waals surface area contributed by atoms with E-state index in [0.717, 1.165) is 34.1 Å². The fourth-order valence-corrected chi connectivity index (χ4v) is 4.58. The van der Waals surface area contributed by atoms with Gasteiger partial charge < -0.3 is 10.1 Å². The first-order chi connectivity index (χ1) is 15.5. The molecular formula is C23H23N5O2S2. The number of carbonyl (C=O) groups is 1. The van der Waals surface area contributed by atoms with Gasteiger partial charge in [-0.15, -0.1) is 21.5 Å². The van der Waals surface area contributed by atoms with Crippen LogP contribution in [0, 0.1) is 13.8 Å². The quantitative estimate of drug-likeness (QED) is 0.363. The standard InChI is InChI=1S/C23H23N5O2S2/c1-4-30-19-10-8-18(9-11-19)28-21(17-7-5-6-15(2)12-17)26-27-23(28)32-14-20(29)25-22-24-16(3)13-31-22/h5-13H,4,14H2,1-3H3,(H,24,25,29). The first-order valence-electron chi connectivity index (χ1n) is 10.1. The van der Waals surface area contributed by atoms with E-state index in [1.54, 1.807) is 0 Å². The zero-order valence-corrected chi connectivity index (χ0v) is 19.7. The second-order valence-electron chi connectivity index (χ2n) is 7.07. The Morgan fingerprint density at radius 2 is 1.97 bits per heavy atom. The molecule has 9 heteroatoms. The molecule has 7 nitrogen and oxygen atoms in total. The van der Waals surface area contributed by atoms with E-state index in [2.05, 4.69) is 26.6 Å². The normalized spacial score (nSPS) is 10.8. The summed E-state index contributed by atoms with van der Waals surface area (Å²) in [6.45, 7) is 6.50. The predicted octanol–water partition coefficient (Wildman–Crippen LogP) is 5.14. The number of hydrogen-bond acceptors (Lipinski definition) is 7. The number of thioether (sulfide) groups is 1. The summed E-state index contributed by atoms with van der Waals surface area (Å²) in [5.41, 5.74) is 3.88. The van der Waals surface area contributed by atoms with Gasteiger partial charge in [-0.2, -0.15) is 0 Å². The van der Waals surface area contributed by atoms with E-state index in [-0.39, 0.29) is 11.7 Å². The lowest BCUT2D eigenvalue weighted by Crippen LogP contribution is -2.14. The predicted molar refractivity (Wildman–Crippen MR) is 129 cm³/mol. The van der Waals surface area contributed by atoms with Crippen molar-refractivity contribution >= 4 is 34.1 Å². The summed E-state index contributed by atoms with van der Waals surface area (Å²) in [4.78, 5) is 16.7. The molecule has 0 bridgehead atoms. The van der Waals surface area contributed by atoms with Crippen molar-refractivity contribution in [3.05, 3.63) is 65.2 Å². The summed E-state index contributed by atoms with van der Waals surface area (Å²) >= 11 is 2.74. The third-order valence-electron chi connectivity index (χ3n) is 4.51. The van der Waals surface area contributed by atoms with Gasteiger partial charge in [-0.05, 0) is 51.1 Å². The molecule has 0 fully saturated rings. The van der Waals surface area contributed by atoms with Crippen molar-refractivity contribution in [2.24, 2.45) is 0 Å². The Kier molecular flexibility index (Phi) is 6.87. The van der Waals surface area contributed by atoms with E-state index < -0.39 is 0 Å². The van der Waals surface area contributed by atoms with Crippen LogP contribution < -0.4 is 10.1 Å². The van der Waals surface area contributed by atoms with Gasteiger partial charge in [0.1, 0.15) is 5.75 Å². The van der Waals surface area contributed by atoms with Crippen molar-refractivity contribution < 1.29 is 9.53 Å². The summed E-state index contributed by atoms with van der Waals surface area (Å²) in [5, 5.41) is 14.8. The Hall–Kier alpha value is -3.17. The molecule has 0 atom stereocenters. The highest BCUT2D eigenvalue weighted by atomic mass is 32.2. The first kappa shape index (κ1) is 22.0. The number of rotatable bonds is 8. The van der Waals surface area contributed by atoms with Crippen LogP contribution in [0.2, 0.25) is 0 Å². The number of aryl methyl sites for hydroxylation is 2. The summed E-state index contributed by atoms with van der Waals surface area (Å²) in [5.74, 6) is 1.58. The molecule has 0 aliphatic heterocycles. The van der Waals surface area contributed by atoms with Crippen LogP contribution in [-0.2, 0) is 4.79 Å². The third kappa shape index (κ3) is 5.17. The average molecular weight is 466 g/mol. The van der Waals surface area contributed by atoms with Crippen LogP contribution in [0.25, 0.3) is 17.1 Å². The first-order valence-corrected chi connectivity index (χ1v) is 12.0. The van der Waals surface area contributed by atoms with E-state index in [1.165, 1.54) is 23.1 Å². The number of ether oxygens (including phenoxy) is 1. The zero-order valence-electron chi connectivity index (χ0n) is 18.0. The monoisotopic (exact) mass is 465 g/mol. The summed E-state index contributed by atoms with van der Waals surface area (Å²) < 4.78 is 7.54. The molecule has 32 heavy (non-hydrogen) atoms. The maximum Gasteiger partial charge on any atom is 0.236 e. The topological polar surface area (TPSA) is 81.9 Å². The molecule has 0 unspecified atom stereocenters. The number of carbonyl (C=O) groups excluding carboxylic acids is 1. The van der Waals surface area contributed by atoms with Crippen molar-refractivity contribution in [3.8, 4) is 22.8 Å². The van der Waals surface area contributed by atoms with Gasteiger partial charge in [0.05, 0.1) is 18.1 Å². The molecule has 0 aliphatic carbocycles. The zero-order chi connectivity index (χ0) is 22.5. The smallest absolute Gasteiger partial charge is 0.236 e. The molecule has 0 aliphatic rings. The summed E-state index contributed by atoms with van der Waals surface area (Å²) in [7, 11) is 0. The maximum atomic E-state index is 12.4. The molecule has 1 amide bonds.